The first kappa shape index (κ1) is 20.9. The lowest BCUT2D eigenvalue weighted by atomic mass is 10.0. The Bertz CT molecular complexity index is 770. The minimum absolute atomic E-state index is 0.191. The van der Waals surface area contributed by atoms with E-state index in [-0.39, 0.29) is 5.78 Å². The zero-order chi connectivity index (χ0) is 19.5. The van der Waals surface area contributed by atoms with Crippen LogP contribution in [-0.2, 0) is 9.63 Å². The lowest BCUT2D eigenvalue weighted by molar-refractivity contribution is -0.140. The van der Waals surface area contributed by atoms with Gasteiger partial charge in [0, 0.05) is 22.3 Å². The Morgan fingerprint density at radius 1 is 0.926 bits per heavy atom. The highest BCUT2D eigenvalue weighted by molar-refractivity contribution is 7.99. The van der Waals surface area contributed by atoms with Gasteiger partial charge in [-0.3, -0.25) is 4.79 Å². The molecule has 0 N–H and O–H groups in total. The van der Waals surface area contributed by atoms with Crippen LogP contribution >= 0.6 is 11.8 Å². The zero-order valence-corrected chi connectivity index (χ0v) is 16.6. The standard InChI is InChI=1S/C22H25NO3S/c1-3-4-5-9-12-21(23-26-17(2)24)22(25)18-13-15-20(16-14-18)27-19-10-7-6-8-11-19/h6-8,10-11,13-16H,3-5,9,12H2,1-2H3/b23-21+. The maximum absolute atomic E-state index is 12.8. The Labute approximate surface area is 165 Å². The molecule has 0 aromatic heterocycles. The maximum Gasteiger partial charge on any atom is 0.331 e. The number of oxime groups is 1. The first-order valence-electron chi connectivity index (χ1n) is 9.22. The number of nitrogens with zero attached hydrogens (tertiary/aromatic N) is 1. The van der Waals surface area contributed by atoms with E-state index in [4.69, 9.17) is 4.84 Å². The predicted octanol–water partition coefficient (Wildman–Crippen LogP) is 5.91. The minimum atomic E-state index is -0.525. The highest BCUT2D eigenvalue weighted by Gasteiger charge is 2.15. The summed E-state index contributed by atoms with van der Waals surface area (Å²) in [6.07, 6.45) is 4.61. The summed E-state index contributed by atoms with van der Waals surface area (Å²) in [5, 5.41) is 3.80. The van der Waals surface area contributed by atoms with Gasteiger partial charge in [-0.2, -0.15) is 0 Å². The van der Waals surface area contributed by atoms with Gasteiger partial charge in [-0.25, -0.2) is 4.79 Å². The summed E-state index contributed by atoms with van der Waals surface area (Å²) in [5.41, 5.74) is 0.846. The molecule has 0 radical (unpaired) electrons. The molecule has 27 heavy (non-hydrogen) atoms. The lowest BCUT2D eigenvalue weighted by Crippen LogP contribution is -2.16. The number of hydrogen-bond donors (Lipinski definition) is 0. The van der Waals surface area contributed by atoms with Crippen molar-refractivity contribution in [1.29, 1.82) is 0 Å². The van der Waals surface area contributed by atoms with E-state index in [0.717, 1.165) is 35.5 Å². The van der Waals surface area contributed by atoms with Gasteiger partial charge in [0.25, 0.3) is 0 Å². The van der Waals surface area contributed by atoms with E-state index in [1.807, 2.05) is 42.5 Å². The Hall–Kier alpha value is -2.40. The molecule has 0 saturated heterocycles. The largest absolute Gasteiger partial charge is 0.331 e. The Kier molecular flexibility index (Phi) is 8.78. The second-order valence-electron chi connectivity index (χ2n) is 6.20. The molecule has 2 aromatic rings. The van der Waals surface area contributed by atoms with Gasteiger partial charge in [-0.1, -0.05) is 61.3 Å². The van der Waals surface area contributed by atoms with Crippen molar-refractivity contribution in [1.82, 2.24) is 0 Å². The smallest absolute Gasteiger partial charge is 0.318 e. The van der Waals surface area contributed by atoms with Crippen LogP contribution in [0.5, 0.6) is 0 Å². The molecule has 2 aromatic carbocycles. The maximum atomic E-state index is 12.8. The molecule has 2 rings (SSSR count). The Morgan fingerprint density at radius 3 is 2.22 bits per heavy atom. The molecule has 0 amide bonds. The van der Waals surface area contributed by atoms with E-state index in [0.29, 0.717) is 17.7 Å². The molecule has 0 aliphatic rings. The molecule has 0 unspecified atom stereocenters. The number of benzene rings is 2. The van der Waals surface area contributed by atoms with Crippen LogP contribution in [0.15, 0.2) is 69.5 Å². The van der Waals surface area contributed by atoms with Crippen molar-refractivity contribution in [2.24, 2.45) is 5.16 Å². The van der Waals surface area contributed by atoms with Crippen molar-refractivity contribution < 1.29 is 14.4 Å². The van der Waals surface area contributed by atoms with Gasteiger partial charge in [0.2, 0.25) is 5.78 Å². The number of carbonyl (C=O) groups is 2. The van der Waals surface area contributed by atoms with Crippen LogP contribution in [0.3, 0.4) is 0 Å². The van der Waals surface area contributed by atoms with E-state index in [2.05, 4.69) is 12.1 Å². The molecule has 0 heterocycles. The molecule has 0 aliphatic carbocycles. The first-order valence-corrected chi connectivity index (χ1v) is 10.0. The van der Waals surface area contributed by atoms with Gasteiger partial charge in [0.1, 0.15) is 5.71 Å². The summed E-state index contributed by atoms with van der Waals surface area (Å²) in [4.78, 5) is 30.7. The van der Waals surface area contributed by atoms with Crippen LogP contribution in [0, 0.1) is 0 Å². The lowest BCUT2D eigenvalue weighted by Gasteiger charge is -2.07. The quantitative estimate of drug-likeness (QED) is 0.168. The second kappa shape index (κ2) is 11.3. The fourth-order valence-electron chi connectivity index (χ4n) is 2.50. The van der Waals surface area contributed by atoms with E-state index >= 15 is 0 Å². The third kappa shape index (κ3) is 7.39. The SMILES string of the molecule is CCCCCC/C(=N\OC(C)=O)C(=O)c1ccc(Sc2ccccc2)cc1. The normalized spacial score (nSPS) is 11.3. The summed E-state index contributed by atoms with van der Waals surface area (Å²) in [6.45, 7) is 3.41. The van der Waals surface area contributed by atoms with Gasteiger partial charge >= 0.3 is 5.97 Å². The average Bonchev–Trinajstić information content (AvgIpc) is 2.68. The van der Waals surface area contributed by atoms with Crippen LogP contribution in [0.4, 0.5) is 0 Å². The summed E-state index contributed by atoms with van der Waals surface area (Å²) >= 11 is 1.64. The minimum Gasteiger partial charge on any atom is -0.318 e. The highest BCUT2D eigenvalue weighted by atomic mass is 32.2. The third-order valence-corrected chi connectivity index (χ3v) is 4.92. The fourth-order valence-corrected chi connectivity index (χ4v) is 3.34. The second-order valence-corrected chi connectivity index (χ2v) is 7.35. The Morgan fingerprint density at radius 2 is 1.59 bits per heavy atom. The van der Waals surface area contributed by atoms with Gasteiger partial charge in [-0.15, -0.1) is 0 Å². The van der Waals surface area contributed by atoms with Gasteiger partial charge in [0.15, 0.2) is 0 Å². The number of ketones is 1. The van der Waals surface area contributed by atoms with Crippen LogP contribution in [-0.4, -0.2) is 17.5 Å². The van der Waals surface area contributed by atoms with Crippen molar-refractivity contribution in [3.63, 3.8) is 0 Å². The van der Waals surface area contributed by atoms with E-state index in [1.54, 1.807) is 23.9 Å². The summed E-state index contributed by atoms with van der Waals surface area (Å²) in [6, 6.07) is 17.5. The van der Waals surface area contributed by atoms with E-state index < -0.39 is 5.97 Å². The Balaban J connectivity index is 2.06. The number of rotatable bonds is 10. The topological polar surface area (TPSA) is 55.7 Å². The molecule has 0 spiro atoms. The van der Waals surface area contributed by atoms with E-state index in [1.165, 1.54) is 6.92 Å². The summed E-state index contributed by atoms with van der Waals surface area (Å²) in [7, 11) is 0. The first-order chi connectivity index (χ1) is 13.1. The van der Waals surface area contributed by atoms with Crippen molar-refractivity contribution >= 4 is 29.2 Å². The third-order valence-electron chi connectivity index (χ3n) is 3.91. The van der Waals surface area contributed by atoms with Gasteiger partial charge in [-0.05, 0) is 49.2 Å². The number of unbranched alkanes of at least 4 members (excludes halogenated alkanes) is 3. The van der Waals surface area contributed by atoms with Crippen LogP contribution in [0.2, 0.25) is 0 Å². The summed E-state index contributed by atoms with van der Waals surface area (Å²) < 4.78 is 0. The predicted molar refractivity (Wildman–Crippen MR) is 109 cm³/mol. The zero-order valence-electron chi connectivity index (χ0n) is 15.8. The monoisotopic (exact) mass is 383 g/mol. The molecule has 5 heteroatoms. The van der Waals surface area contributed by atoms with Crippen molar-refractivity contribution in [2.75, 3.05) is 0 Å². The van der Waals surface area contributed by atoms with E-state index in [9.17, 15) is 9.59 Å². The van der Waals surface area contributed by atoms with Gasteiger partial charge < -0.3 is 4.84 Å². The van der Waals surface area contributed by atoms with Crippen LogP contribution in [0.1, 0.15) is 56.3 Å². The fraction of sp³-hybridized carbons (Fsp3) is 0.318. The average molecular weight is 384 g/mol. The highest BCUT2D eigenvalue weighted by Crippen LogP contribution is 2.27. The molecule has 0 bridgehead atoms. The molecule has 0 fully saturated rings. The van der Waals surface area contributed by atoms with Gasteiger partial charge in [0.05, 0.1) is 0 Å². The van der Waals surface area contributed by atoms with Crippen molar-refractivity contribution in [3.05, 3.63) is 60.2 Å². The number of hydrogen-bond acceptors (Lipinski definition) is 5. The number of carbonyl (C=O) groups excluding carboxylic acids is 2. The molecule has 0 saturated carbocycles. The molecule has 0 atom stereocenters. The molecular weight excluding hydrogens is 358 g/mol. The van der Waals surface area contributed by atoms with Crippen molar-refractivity contribution in [3.8, 4) is 0 Å². The molecular formula is C22H25NO3S. The van der Waals surface area contributed by atoms with Crippen molar-refractivity contribution in [2.45, 2.75) is 55.7 Å². The summed E-state index contributed by atoms with van der Waals surface area (Å²) in [5.74, 6) is -0.715. The molecule has 4 nitrogen and oxygen atoms in total. The number of Topliss-reactive ketones (excluding diaryl/α,β-unsaturated/α-hetero) is 1. The molecule has 142 valence electrons. The molecule has 0 aliphatic heterocycles. The van der Waals surface area contributed by atoms with Crippen LogP contribution in [0.25, 0.3) is 0 Å². The van der Waals surface area contributed by atoms with Crippen LogP contribution < -0.4 is 0 Å².